The molecule has 0 radical (unpaired) electrons. The first-order valence-electron chi connectivity index (χ1n) is 7.61. The number of nitrogens with zero attached hydrogens (tertiary/aromatic N) is 1. The maximum atomic E-state index is 12.2. The highest BCUT2D eigenvalue weighted by atomic mass is 35.5. The Hall–Kier alpha value is -2.15. The Morgan fingerprint density at radius 2 is 2.00 bits per heavy atom. The number of quaternary nitrogens is 1. The van der Waals surface area contributed by atoms with Gasteiger partial charge in [0.1, 0.15) is 6.04 Å². The number of carbonyl (C=O) groups excluding carboxylic acids is 1. The number of non-ortho nitro benzene ring substituents is 1. The van der Waals surface area contributed by atoms with Crippen molar-refractivity contribution >= 4 is 40.5 Å². The summed E-state index contributed by atoms with van der Waals surface area (Å²) in [7, 11) is 0. The van der Waals surface area contributed by atoms with Crippen LogP contribution in [0, 0.1) is 17.0 Å². The highest BCUT2D eigenvalue weighted by Crippen LogP contribution is 2.24. The molecule has 0 aromatic heterocycles. The number of anilines is 1. The Kier molecular flexibility index (Phi) is 6.36. The second-order valence-electron chi connectivity index (χ2n) is 5.70. The smallest absolute Gasteiger partial charge is 0.279 e. The van der Waals surface area contributed by atoms with Crippen molar-refractivity contribution < 1.29 is 15.0 Å². The van der Waals surface area contributed by atoms with E-state index in [1.54, 1.807) is 25.1 Å². The zero-order valence-electron chi connectivity index (χ0n) is 13.8. The number of nitrogens with one attached hydrogen (secondary N) is 1. The van der Waals surface area contributed by atoms with Crippen LogP contribution in [0.15, 0.2) is 36.4 Å². The van der Waals surface area contributed by atoms with Crippen LogP contribution >= 0.6 is 23.2 Å². The van der Waals surface area contributed by atoms with E-state index in [0.29, 0.717) is 15.7 Å². The minimum absolute atomic E-state index is 0.0401. The lowest BCUT2D eigenvalue weighted by Gasteiger charge is -2.13. The van der Waals surface area contributed by atoms with Crippen LogP contribution in [-0.2, 0) is 4.79 Å². The fraction of sp³-hybridized carbons (Fsp3) is 0.235. The van der Waals surface area contributed by atoms with E-state index in [2.05, 4.69) is 5.32 Å². The number of hydrogen-bond donors (Lipinski definition) is 2. The lowest BCUT2D eigenvalue weighted by molar-refractivity contribution is -0.682. The topological polar surface area (TPSA) is 88.9 Å². The van der Waals surface area contributed by atoms with Crippen LogP contribution in [0.4, 0.5) is 11.4 Å². The molecule has 2 aromatic carbocycles. The fourth-order valence-corrected chi connectivity index (χ4v) is 2.92. The van der Waals surface area contributed by atoms with Crippen LogP contribution < -0.4 is 10.6 Å². The number of benzene rings is 2. The van der Waals surface area contributed by atoms with Gasteiger partial charge in [-0.2, -0.15) is 0 Å². The minimum atomic E-state index is -0.494. The molecule has 0 aliphatic heterocycles. The molecule has 0 fully saturated rings. The summed E-state index contributed by atoms with van der Waals surface area (Å²) < 4.78 is 0. The summed E-state index contributed by atoms with van der Waals surface area (Å²) in [6.07, 6.45) is 0. The van der Waals surface area contributed by atoms with Crippen molar-refractivity contribution in [3.8, 4) is 0 Å². The molecule has 0 spiro atoms. The van der Waals surface area contributed by atoms with Gasteiger partial charge in [-0.25, -0.2) is 0 Å². The second kappa shape index (κ2) is 8.29. The Labute approximate surface area is 155 Å². The molecule has 132 valence electrons. The highest BCUT2D eigenvalue weighted by molar-refractivity contribution is 6.35. The Bertz CT molecular complexity index is 812. The molecule has 0 bridgehead atoms. The zero-order valence-corrected chi connectivity index (χ0v) is 15.3. The van der Waals surface area contributed by atoms with E-state index in [-0.39, 0.29) is 24.2 Å². The quantitative estimate of drug-likeness (QED) is 0.591. The largest absolute Gasteiger partial charge is 0.332 e. The molecular formula is C17H18Cl2N3O3+. The Morgan fingerprint density at radius 1 is 1.28 bits per heavy atom. The van der Waals surface area contributed by atoms with Crippen molar-refractivity contribution in [1.29, 1.82) is 0 Å². The van der Waals surface area contributed by atoms with E-state index in [1.807, 2.05) is 18.3 Å². The van der Waals surface area contributed by atoms with Gasteiger partial charge in [0.25, 0.3) is 11.6 Å². The monoisotopic (exact) mass is 382 g/mol. The van der Waals surface area contributed by atoms with E-state index in [1.165, 1.54) is 12.1 Å². The van der Waals surface area contributed by atoms with Gasteiger partial charge in [-0.05, 0) is 31.5 Å². The molecule has 25 heavy (non-hydrogen) atoms. The number of nitrogens with two attached hydrogens (primary N) is 1. The number of nitro groups is 1. The summed E-state index contributed by atoms with van der Waals surface area (Å²) in [5.41, 5.74) is 2.01. The molecule has 0 aliphatic rings. The van der Waals surface area contributed by atoms with Crippen LogP contribution in [0.5, 0.6) is 0 Å². The van der Waals surface area contributed by atoms with Crippen molar-refractivity contribution in [2.75, 3.05) is 11.9 Å². The number of rotatable bonds is 6. The lowest BCUT2D eigenvalue weighted by atomic mass is 10.1. The van der Waals surface area contributed by atoms with Crippen LogP contribution in [0.1, 0.15) is 24.1 Å². The van der Waals surface area contributed by atoms with Crippen molar-refractivity contribution in [3.63, 3.8) is 0 Å². The van der Waals surface area contributed by atoms with E-state index in [4.69, 9.17) is 23.2 Å². The molecular weight excluding hydrogens is 365 g/mol. The predicted octanol–water partition coefficient (Wildman–Crippen LogP) is 3.47. The molecule has 6 nitrogen and oxygen atoms in total. The summed E-state index contributed by atoms with van der Waals surface area (Å²) in [5.74, 6) is -0.250. The average molecular weight is 383 g/mol. The summed E-state index contributed by atoms with van der Waals surface area (Å²) in [4.78, 5) is 22.5. The van der Waals surface area contributed by atoms with Crippen LogP contribution in [-0.4, -0.2) is 17.4 Å². The van der Waals surface area contributed by atoms with E-state index < -0.39 is 4.92 Å². The molecule has 0 aliphatic carbocycles. The highest BCUT2D eigenvalue weighted by Gasteiger charge is 2.16. The van der Waals surface area contributed by atoms with Crippen molar-refractivity contribution in [1.82, 2.24) is 0 Å². The number of carbonyl (C=O) groups is 1. The zero-order chi connectivity index (χ0) is 18.6. The van der Waals surface area contributed by atoms with Gasteiger partial charge in [-0.15, -0.1) is 0 Å². The van der Waals surface area contributed by atoms with Gasteiger partial charge in [0.05, 0.1) is 15.6 Å². The van der Waals surface area contributed by atoms with E-state index in [9.17, 15) is 14.9 Å². The number of nitro benzene ring substituents is 1. The molecule has 2 aromatic rings. The molecule has 1 atom stereocenters. The Morgan fingerprint density at radius 3 is 2.64 bits per heavy atom. The van der Waals surface area contributed by atoms with Crippen molar-refractivity contribution in [2.24, 2.45) is 0 Å². The third-order valence-corrected chi connectivity index (χ3v) is 4.38. The van der Waals surface area contributed by atoms with Crippen LogP contribution in [0.3, 0.4) is 0 Å². The van der Waals surface area contributed by atoms with Crippen LogP contribution in [0.25, 0.3) is 0 Å². The SMILES string of the molecule is Cc1ccc([N+](=O)[O-])cc1NC(=O)C[NH2+][C@@H](C)c1ccc(Cl)cc1Cl. The molecule has 2 rings (SSSR count). The first-order valence-corrected chi connectivity index (χ1v) is 8.36. The fourth-order valence-electron chi connectivity index (χ4n) is 2.34. The minimum Gasteiger partial charge on any atom is -0.332 e. The molecule has 3 N–H and O–H groups in total. The van der Waals surface area contributed by atoms with Gasteiger partial charge in [0, 0.05) is 22.7 Å². The molecule has 0 unspecified atom stereocenters. The summed E-state index contributed by atoms with van der Waals surface area (Å²) in [5, 5.41) is 16.5. The third-order valence-electron chi connectivity index (χ3n) is 3.82. The first-order chi connectivity index (χ1) is 11.8. The number of aryl methyl sites for hydroxylation is 1. The molecule has 0 saturated heterocycles. The molecule has 8 heteroatoms. The molecule has 0 saturated carbocycles. The van der Waals surface area contributed by atoms with Gasteiger partial charge in [0.15, 0.2) is 6.54 Å². The van der Waals surface area contributed by atoms with Gasteiger partial charge >= 0.3 is 0 Å². The maximum absolute atomic E-state index is 12.2. The first kappa shape index (κ1) is 19.2. The number of halogens is 2. The van der Waals surface area contributed by atoms with Gasteiger partial charge < -0.3 is 10.6 Å². The summed E-state index contributed by atoms with van der Waals surface area (Å²) >= 11 is 12.1. The summed E-state index contributed by atoms with van der Waals surface area (Å²) in [6, 6.07) is 9.56. The third kappa shape index (κ3) is 5.16. The standard InChI is InChI=1S/C17H17Cl2N3O3/c1-10-3-5-13(22(24)25)8-16(10)21-17(23)9-20-11(2)14-6-4-12(18)7-15(14)19/h3-8,11,20H,9H2,1-2H3,(H,21,23)/p+1/t11-/m0/s1. The Balaban J connectivity index is 1.99. The number of hydrogen-bond acceptors (Lipinski definition) is 3. The average Bonchev–Trinajstić information content (AvgIpc) is 2.54. The second-order valence-corrected chi connectivity index (χ2v) is 6.54. The predicted molar refractivity (Wildman–Crippen MR) is 98.1 cm³/mol. The normalized spacial score (nSPS) is 11.8. The van der Waals surface area contributed by atoms with Crippen molar-refractivity contribution in [2.45, 2.75) is 19.9 Å². The van der Waals surface area contributed by atoms with Gasteiger partial charge in [0.2, 0.25) is 0 Å². The number of amides is 1. The molecule has 1 amide bonds. The van der Waals surface area contributed by atoms with Gasteiger partial charge in [-0.3, -0.25) is 14.9 Å². The maximum Gasteiger partial charge on any atom is 0.279 e. The van der Waals surface area contributed by atoms with E-state index >= 15 is 0 Å². The van der Waals surface area contributed by atoms with Gasteiger partial charge in [-0.1, -0.05) is 35.3 Å². The lowest BCUT2D eigenvalue weighted by Crippen LogP contribution is -2.86. The van der Waals surface area contributed by atoms with Crippen LogP contribution in [0.2, 0.25) is 10.0 Å². The van der Waals surface area contributed by atoms with E-state index in [0.717, 1.165) is 11.1 Å². The summed E-state index contributed by atoms with van der Waals surface area (Å²) in [6.45, 7) is 3.86. The molecule has 0 heterocycles. The van der Waals surface area contributed by atoms with Crippen molar-refractivity contribution in [3.05, 3.63) is 67.7 Å².